The third-order valence-electron chi connectivity index (χ3n) is 14.6. The number of ether oxygens (including phenoxy) is 2. The zero-order valence-corrected chi connectivity index (χ0v) is 47.9. The van der Waals surface area contributed by atoms with Crippen LogP contribution < -0.4 is 9.47 Å². The Labute approximate surface area is 450 Å². The Balaban J connectivity index is 0.000000385. The fraction of sp³-hybridized carbons (Fsp3) is 0.701. The van der Waals surface area contributed by atoms with Gasteiger partial charge in [-0.25, -0.2) is 19.9 Å². The predicted molar refractivity (Wildman–Crippen MR) is 316 cm³/mol. The van der Waals surface area contributed by atoms with Crippen molar-refractivity contribution >= 4 is 0 Å². The highest BCUT2D eigenvalue weighted by Gasteiger charge is 2.06. The van der Waals surface area contributed by atoms with E-state index in [4.69, 9.17) is 9.47 Å². The van der Waals surface area contributed by atoms with Crippen LogP contribution in [0.15, 0.2) is 73.3 Å². The van der Waals surface area contributed by atoms with E-state index < -0.39 is 0 Å². The van der Waals surface area contributed by atoms with Crippen molar-refractivity contribution in [2.24, 2.45) is 0 Å². The lowest BCUT2D eigenvalue weighted by molar-refractivity contribution is 0.302. The molecule has 2 aromatic carbocycles. The van der Waals surface area contributed by atoms with Gasteiger partial charge in [0.15, 0.2) is 23.1 Å². The molecule has 0 radical (unpaired) electrons. The van der Waals surface area contributed by atoms with E-state index in [0.717, 1.165) is 60.3 Å². The molecule has 0 unspecified atom stereocenters. The number of aryl methyl sites for hydroxylation is 2. The average Bonchev–Trinajstić information content (AvgIpc) is 3.42. The largest absolute Gasteiger partial charge is 0.490 e. The fourth-order valence-corrected chi connectivity index (χ4v) is 9.74. The number of aromatic nitrogens is 4. The molecule has 4 rings (SSSR count). The summed E-state index contributed by atoms with van der Waals surface area (Å²) >= 11 is 0. The zero-order valence-electron chi connectivity index (χ0n) is 47.9. The first-order valence-corrected chi connectivity index (χ1v) is 31.2. The van der Waals surface area contributed by atoms with Crippen molar-refractivity contribution in [2.45, 2.75) is 291 Å². The molecule has 0 amide bonds. The average molecular weight is 1000 g/mol. The van der Waals surface area contributed by atoms with Gasteiger partial charge in [0.25, 0.3) is 0 Å². The van der Waals surface area contributed by atoms with Crippen molar-refractivity contribution in [3.8, 4) is 34.3 Å². The standard InChI is InChI=1S/C34H56N2O.C33H54N2O/c1-3-5-7-9-11-13-15-17-19-21-23-31-24-26-32(27-25-31)34-35-29-33(30-36-34)37-28-22-20-18-16-14-12-10-8-6-4-2;1-3-5-7-9-11-13-15-17-19-21-27-36-32-28-34-33(35-29-32)31-25-23-30(24-26-31)22-20-18-16-14-12-10-8-6-4-2/h24-27,29-30H,3-23,28H2,1-2H3;23-26,28-29H,3-22,27H2,1-2H3. The molecule has 0 aliphatic rings. The molecule has 0 spiro atoms. The molecule has 0 bridgehead atoms. The summed E-state index contributed by atoms with van der Waals surface area (Å²) in [5, 5.41) is 0. The van der Waals surface area contributed by atoms with Gasteiger partial charge >= 0.3 is 0 Å². The minimum atomic E-state index is 0.757. The Kier molecular flexibility index (Phi) is 40.6. The van der Waals surface area contributed by atoms with E-state index in [2.05, 4.69) is 96.2 Å². The molecule has 2 heterocycles. The summed E-state index contributed by atoms with van der Waals surface area (Å²) in [6, 6.07) is 17.6. The molecule has 73 heavy (non-hydrogen) atoms. The molecular weight excluding hydrogens is 893 g/mol. The molecule has 0 atom stereocenters. The van der Waals surface area contributed by atoms with E-state index in [1.54, 1.807) is 0 Å². The lowest BCUT2D eigenvalue weighted by Crippen LogP contribution is -1.99. The normalized spacial score (nSPS) is 11.2. The van der Waals surface area contributed by atoms with Gasteiger partial charge in [0, 0.05) is 11.1 Å². The van der Waals surface area contributed by atoms with Crippen LogP contribution in [-0.2, 0) is 12.8 Å². The van der Waals surface area contributed by atoms with Gasteiger partial charge in [-0.3, -0.25) is 0 Å². The van der Waals surface area contributed by atoms with Crippen LogP contribution in [0.2, 0.25) is 0 Å². The second-order valence-corrected chi connectivity index (χ2v) is 21.4. The number of benzene rings is 2. The van der Waals surface area contributed by atoms with Gasteiger partial charge in [-0.05, 0) is 49.7 Å². The van der Waals surface area contributed by atoms with Gasteiger partial charge in [-0.1, -0.05) is 301 Å². The summed E-state index contributed by atoms with van der Waals surface area (Å²) in [7, 11) is 0. The predicted octanol–water partition coefficient (Wildman–Crippen LogP) is 21.4. The highest BCUT2D eigenvalue weighted by Crippen LogP contribution is 2.22. The third-order valence-corrected chi connectivity index (χ3v) is 14.6. The molecule has 2 aromatic heterocycles. The monoisotopic (exact) mass is 1000 g/mol. The fourth-order valence-electron chi connectivity index (χ4n) is 9.74. The van der Waals surface area contributed by atoms with E-state index in [1.165, 1.54) is 262 Å². The van der Waals surface area contributed by atoms with Crippen LogP contribution in [0.1, 0.15) is 289 Å². The number of nitrogens with zero attached hydrogens (tertiary/aromatic N) is 4. The Morgan fingerprint density at radius 3 is 0.726 bits per heavy atom. The number of hydrogen-bond acceptors (Lipinski definition) is 6. The molecule has 0 aliphatic heterocycles. The van der Waals surface area contributed by atoms with Gasteiger partial charge in [-0.15, -0.1) is 0 Å². The molecule has 6 heteroatoms. The minimum absolute atomic E-state index is 0.757. The van der Waals surface area contributed by atoms with Crippen LogP contribution in [0, 0.1) is 0 Å². The first kappa shape index (κ1) is 63.5. The van der Waals surface area contributed by atoms with Crippen molar-refractivity contribution in [1.29, 1.82) is 0 Å². The first-order valence-electron chi connectivity index (χ1n) is 31.2. The lowest BCUT2D eigenvalue weighted by Gasteiger charge is -2.07. The quantitative estimate of drug-likeness (QED) is 0.0411. The second-order valence-electron chi connectivity index (χ2n) is 21.4. The summed E-state index contributed by atoms with van der Waals surface area (Å²) in [6.45, 7) is 10.6. The van der Waals surface area contributed by atoms with Crippen molar-refractivity contribution in [1.82, 2.24) is 19.9 Å². The summed E-state index contributed by atoms with van der Waals surface area (Å²) in [6.07, 6.45) is 62.7. The SMILES string of the molecule is CCCCCCCCCCCCOc1cnc(-c2ccc(CCCCCCCCCCC)cc2)nc1.CCCCCCCCCCCCOc1cnc(-c2ccc(CCCCCCCCCCCC)cc2)nc1. The van der Waals surface area contributed by atoms with E-state index >= 15 is 0 Å². The Hall–Kier alpha value is -3.80. The van der Waals surface area contributed by atoms with Gasteiger partial charge in [-0.2, -0.15) is 0 Å². The maximum Gasteiger partial charge on any atom is 0.159 e. The zero-order chi connectivity index (χ0) is 51.8. The van der Waals surface area contributed by atoms with Crippen LogP contribution in [0.5, 0.6) is 11.5 Å². The van der Waals surface area contributed by atoms with Gasteiger partial charge in [0.05, 0.1) is 38.0 Å². The summed E-state index contributed by atoms with van der Waals surface area (Å²) < 4.78 is 11.7. The Morgan fingerprint density at radius 1 is 0.260 bits per heavy atom. The van der Waals surface area contributed by atoms with Crippen molar-refractivity contribution in [3.63, 3.8) is 0 Å². The second kappa shape index (κ2) is 46.7. The lowest BCUT2D eigenvalue weighted by atomic mass is 10.0. The number of unbranched alkanes of at least 4 members (excludes halogenated alkanes) is 35. The van der Waals surface area contributed by atoms with Crippen LogP contribution in [0.25, 0.3) is 22.8 Å². The molecule has 6 nitrogen and oxygen atoms in total. The van der Waals surface area contributed by atoms with E-state index in [1.807, 2.05) is 24.8 Å². The topological polar surface area (TPSA) is 70.0 Å². The molecular formula is C67H110N4O2. The maximum atomic E-state index is 5.86. The Bertz CT molecular complexity index is 1760. The minimum Gasteiger partial charge on any atom is -0.490 e. The van der Waals surface area contributed by atoms with E-state index in [9.17, 15) is 0 Å². The molecule has 410 valence electrons. The molecule has 0 N–H and O–H groups in total. The van der Waals surface area contributed by atoms with Crippen molar-refractivity contribution in [2.75, 3.05) is 13.2 Å². The molecule has 4 aromatic rings. The molecule has 0 saturated carbocycles. The third kappa shape index (κ3) is 34.4. The van der Waals surface area contributed by atoms with E-state index in [0.29, 0.717) is 0 Å². The highest BCUT2D eigenvalue weighted by molar-refractivity contribution is 5.56. The Morgan fingerprint density at radius 2 is 0.479 bits per heavy atom. The molecule has 0 saturated heterocycles. The van der Waals surface area contributed by atoms with Crippen LogP contribution >= 0.6 is 0 Å². The van der Waals surface area contributed by atoms with Crippen molar-refractivity contribution in [3.05, 3.63) is 84.4 Å². The van der Waals surface area contributed by atoms with E-state index in [-0.39, 0.29) is 0 Å². The van der Waals surface area contributed by atoms with Crippen LogP contribution in [0.4, 0.5) is 0 Å². The number of hydrogen-bond donors (Lipinski definition) is 0. The molecule has 0 fully saturated rings. The van der Waals surface area contributed by atoms with Gasteiger partial charge in [0.2, 0.25) is 0 Å². The van der Waals surface area contributed by atoms with Crippen LogP contribution in [0.3, 0.4) is 0 Å². The summed E-state index contributed by atoms with van der Waals surface area (Å²) in [4.78, 5) is 18.1. The maximum absolute atomic E-state index is 5.86. The summed E-state index contributed by atoms with van der Waals surface area (Å²) in [5.74, 6) is 3.10. The van der Waals surface area contributed by atoms with Gasteiger partial charge in [0.1, 0.15) is 0 Å². The molecule has 0 aliphatic carbocycles. The van der Waals surface area contributed by atoms with Crippen molar-refractivity contribution < 1.29 is 9.47 Å². The summed E-state index contributed by atoms with van der Waals surface area (Å²) in [5.41, 5.74) is 4.98. The van der Waals surface area contributed by atoms with Crippen LogP contribution in [-0.4, -0.2) is 33.1 Å². The number of rotatable bonds is 47. The van der Waals surface area contributed by atoms with Gasteiger partial charge < -0.3 is 9.47 Å². The first-order chi connectivity index (χ1) is 36.2. The smallest absolute Gasteiger partial charge is 0.159 e. The highest BCUT2D eigenvalue weighted by atomic mass is 16.5.